The lowest BCUT2D eigenvalue weighted by Crippen LogP contribution is -2.41. The van der Waals surface area contributed by atoms with E-state index in [2.05, 4.69) is 125 Å². The minimum atomic E-state index is -0.568. The highest BCUT2D eigenvalue weighted by Crippen LogP contribution is 2.59. The molecule has 0 spiro atoms. The highest BCUT2D eigenvalue weighted by atomic mass is 16.7. The van der Waals surface area contributed by atoms with Crippen molar-refractivity contribution in [3.8, 4) is 34.1 Å². The summed E-state index contributed by atoms with van der Waals surface area (Å²) in [6.07, 6.45) is 0. The molecule has 0 amide bonds. The highest BCUT2D eigenvalue weighted by Gasteiger charge is 2.53. The van der Waals surface area contributed by atoms with Gasteiger partial charge in [0.1, 0.15) is 0 Å². The second-order valence-corrected chi connectivity index (χ2v) is 12.3. The number of benzene rings is 5. The van der Waals surface area contributed by atoms with Gasteiger partial charge in [-0.2, -0.15) is 0 Å². The van der Waals surface area contributed by atoms with Gasteiger partial charge in [0.05, 0.1) is 16.6 Å². The predicted octanol–water partition coefficient (Wildman–Crippen LogP) is 8.25. The van der Waals surface area contributed by atoms with Crippen molar-refractivity contribution in [3.05, 3.63) is 138 Å². The molecule has 0 saturated carbocycles. The molecule has 8 rings (SSSR count). The molecule has 1 saturated heterocycles. The van der Waals surface area contributed by atoms with Crippen molar-refractivity contribution >= 4 is 12.6 Å². The van der Waals surface area contributed by atoms with Crippen LogP contribution in [0, 0.1) is 0 Å². The fourth-order valence-electron chi connectivity index (χ4n) is 6.71. The van der Waals surface area contributed by atoms with Crippen LogP contribution in [0.3, 0.4) is 0 Å². The largest absolute Gasteiger partial charge is 0.498 e. The molecule has 0 aromatic heterocycles. The van der Waals surface area contributed by atoms with E-state index < -0.39 is 23.7 Å². The van der Waals surface area contributed by atoms with Crippen LogP contribution in [0.4, 0.5) is 0 Å². The van der Waals surface area contributed by atoms with Crippen LogP contribution in [0.25, 0.3) is 11.1 Å². The molecule has 42 heavy (non-hydrogen) atoms. The van der Waals surface area contributed by atoms with Crippen molar-refractivity contribution in [2.24, 2.45) is 0 Å². The zero-order valence-electron chi connectivity index (χ0n) is 24.2. The quantitative estimate of drug-likeness (QED) is 0.208. The van der Waals surface area contributed by atoms with E-state index in [0.717, 1.165) is 11.0 Å². The van der Waals surface area contributed by atoms with Gasteiger partial charge in [-0.3, -0.25) is 0 Å². The molecule has 3 aliphatic rings. The molecule has 2 aliphatic heterocycles. The molecule has 0 unspecified atom stereocenters. The summed E-state index contributed by atoms with van der Waals surface area (Å²) in [7, 11) is -0.568. The molecule has 4 nitrogen and oxygen atoms in total. The molecule has 206 valence electrons. The summed E-state index contributed by atoms with van der Waals surface area (Å²) < 4.78 is 26.1. The summed E-state index contributed by atoms with van der Waals surface area (Å²) in [6.45, 7) is 8.23. The second kappa shape index (κ2) is 8.84. The Morgan fingerprint density at radius 1 is 0.500 bits per heavy atom. The smallest absolute Gasteiger partial charge is 0.450 e. The second-order valence-electron chi connectivity index (χ2n) is 12.3. The Hall–Kier alpha value is -4.32. The van der Waals surface area contributed by atoms with Crippen LogP contribution in [0.15, 0.2) is 115 Å². The number of hydrogen-bond donors (Lipinski definition) is 0. The molecule has 5 aromatic rings. The van der Waals surface area contributed by atoms with E-state index >= 15 is 0 Å². The Morgan fingerprint density at radius 2 is 1.10 bits per heavy atom. The molecule has 0 radical (unpaired) electrons. The molecule has 0 bridgehead atoms. The van der Waals surface area contributed by atoms with Crippen molar-refractivity contribution in [2.75, 3.05) is 0 Å². The lowest BCUT2D eigenvalue weighted by molar-refractivity contribution is 0.00578. The summed E-state index contributed by atoms with van der Waals surface area (Å²) in [5, 5.41) is 0. The number of rotatable bonds is 3. The Kier molecular flexibility index (Phi) is 5.35. The number of ether oxygens (including phenoxy) is 2. The summed E-state index contributed by atoms with van der Waals surface area (Å²) in [5.74, 6) is 2.65. The monoisotopic (exact) mass is 550 g/mol. The molecule has 5 aromatic carbocycles. The number of fused-ring (bicyclic) bond motifs is 5. The van der Waals surface area contributed by atoms with Crippen molar-refractivity contribution in [3.63, 3.8) is 0 Å². The molecule has 1 aliphatic carbocycles. The predicted molar refractivity (Wildman–Crippen MR) is 166 cm³/mol. The third kappa shape index (κ3) is 3.44. The van der Waals surface area contributed by atoms with E-state index in [1.165, 1.54) is 27.8 Å². The Bertz CT molecular complexity index is 1790. The van der Waals surface area contributed by atoms with Crippen LogP contribution in [0.5, 0.6) is 23.0 Å². The minimum absolute atomic E-state index is 0.467. The Morgan fingerprint density at radius 3 is 1.76 bits per heavy atom. The van der Waals surface area contributed by atoms with Gasteiger partial charge in [0.25, 0.3) is 0 Å². The van der Waals surface area contributed by atoms with Crippen LogP contribution >= 0.6 is 0 Å². The molecular formula is C37H31BO4. The first kappa shape index (κ1) is 25.4. The van der Waals surface area contributed by atoms with Crippen LogP contribution in [-0.4, -0.2) is 18.3 Å². The first-order chi connectivity index (χ1) is 20.3. The zero-order chi connectivity index (χ0) is 28.7. The van der Waals surface area contributed by atoms with Gasteiger partial charge in [-0.05, 0) is 79.3 Å². The lowest BCUT2D eigenvalue weighted by atomic mass is 9.67. The van der Waals surface area contributed by atoms with E-state index in [4.69, 9.17) is 18.8 Å². The van der Waals surface area contributed by atoms with Gasteiger partial charge in [-0.25, -0.2) is 0 Å². The topological polar surface area (TPSA) is 36.9 Å². The third-order valence-electron chi connectivity index (χ3n) is 9.47. The van der Waals surface area contributed by atoms with Crippen LogP contribution in [-0.2, 0) is 14.7 Å². The molecule has 0 N–H and O–H groups in total. The van der Waals surface area contributed by atoms with E-state index in [1.54, 1.807) is 0 Å². The van der Waals surface area contributed by atoms with Gasteiger partial charge in [0.15, 0.2) is 23.0 Å². The normalized spacial score (nSPS) is 18.2. The maximum absolute atomic E-state index is 6.76. The van der Waals surface area contributed by atoms with Crippen LogP contribution in [0.1, 0.15) is 49.9 Å². The maximum Gasteiger partial charge on any atom is 0.498 e. The van der Waals surface area contributed by atoms with Crippen molar-refractivity contribution < 1.29 is 18.8 Å². The molecular weight excluding hydrogens is 519 g/mol. The van der Waals surface area contributed by atoms with Crippen LogP contribution < -0.4 is 14.9 Å². The van der Waals surface area contributed by atoms with Gasteiger partial charge >= 0.3 is 7.12 Å². The fourth-order valence-corrected chi connectivity index (χ4v) is 6.71. The minimum Gasteiger partial charge on any atom is -0.450 e. The standard InChI is InChI=1S/C37H31BO4/c1-35(2)36(3,4)42-38(41-35)30-20-13-21-31-34(30)40-33-23-29-27(22-32(33)39-31)26-18-11-12-19-28(26)37(29,24-14-7-5-8-15-24)25-16-9-6-10-17-25/h5-23H,1-4H3. The van der Waals surface area contributed by atoms with E-state index in [0.29, 0.717) is 23.0 Å². The third-order valence-corrected chi connectivity index (χ3v) is 9.47. The first-order valence-corrected chi connectivity index (χ1v) is 14.5. The summed E-state index contributed by atoms with van der Waals surface area (Å²) in [6, 6.07) is 40.4. The summed E-state index contributed by atoms with van der Waals surface area (Å²) >= 11 is 0. The van der Waals surface area contributed by atoms with E-state index in [1.807, 2.05) is 18.2 Å². The van der Waals surface area contributed by atoms with Gasteiger partial charge in [0.2, 0.25) is 0 Å². The van der Waals surface area contributed by atoms with Gasteiger partial charge in [-0.15, -0.1) is 0 Å². The van der Waals surface area contributed by atoms with Crippen molar-refractivity contribution in [2.45, 2.75) is 44.3 Å². The number of para-hydroxylation sites is 1. The maximum atomic E-state index is 6.76. The average molecular weight is 550 g/mol. The van der Waals surface area contributed by atoms with E-state index in [-0.39, 0.29) is 0 Å². The van der Waals surface area contributed by atoms with Gasteiger partial charge < -0.3 is 18.8 Å². The van der Waals surface area contributed by atoms with Gasteiger partial charge in [0, 0.05) is 5.46 Å². The summed E-state index contributed by atoms with van der Waals surface area (Å²) in [5.41, 5.74) is 6.53. The molecule has 1 fully saturated rings. The van der Waals surface area contributed by atoms with Crippen molar-refractivity contribution in [1.29, 1.82) is 0 Å². The zero-order valence-corrected chi connectivity index (χ0v) is 24.2. The van der Waals surface area contributed by atoms with Gasteiger partial charge in [-0.1, -0.05) is 97.1 Å². The average Bonchev–Trinajstić information content (AvgIpc) is 3.41. The Balaban J connectivity index is 1.33. The Labute approximate surface area is 247 Å². The van der Waals surface area contributed by atoms with E-state index in [9.17, 15) is 0 Å². The summed E-state index contributed by atoms with van der Waals surface area (Å²) in [4.78, 5) is 0. The van der Waals surface area contributed by atoms with Crippen LogP contribution in [0.2, 0.25) is 0 Å². The fraction of sp³-hybridized carbons (Fsp3) is 0.189. The SMILES string of the molecule is CC1(C)OB(c2cccc3c2Oc2cc4c(cc2O3)-c2ccccc2C4(c2ccccc2)c2ccccc2)OC1(C)C. The first-order valence-electron chi connectivity index (χ1n) is 14.5. The number of hydrogen-bond acceptors (Lipinski definition) is 4. The van der Waals surface area contributed by atoms with Crippen molar-refractivity contribution in [1.82, 2.24) is 0 Å². The molecule has 2 heterocycles. The lowest BCUT2D eigenvalue weighted by Gasteiger charge is -2.34. The molecule has 0 atom stereocenters. The highest BCUT2D eigenvalue weighted by molar-refractivity contribution is 6.63. The molecule has 5 heteroatoms.